The third kappa shape index (κ3) is 4.83. The lowest BCUT2D eigenvalue weighted by Crippen LogP contribution is -2.40. The number of hydrogen-bond donors (Lipinski definition) is 2. The summed E-state index contributed by atoms with van der Waals surface area (Å²) in [4.78, 5) is 17.0. The molecule has 0 atom stereocenters. The molecule has 33 heavy (non-hydrogen) atoms. The average Bonchev–Trinajstić information content (AvgIpc) is 3.15. The van der Waals surface area contributed by atoms with E-state index in [1.807, 2.05) is 30.5 Å². The highest BCUT2D eigenvalue weighted by molar-refractivity contribution is 6.31. The summed E-state index contributed by atoms with van der Waals surface area (Å²) >= 11 is 6.11. The van der Waals surface area contributed by atoms with Crippen molar-refractivity contribution in [2.45, 2.75) is 57.7 Å². The van der Waals surface area contributed by atoms with Crippen LogP contribution in [0, 0.1) is 6.92 Å². The molecule has 2 aromatic heterocycles. The van der Waals surface area contributed by atoms with Crippen LogP contribution in [0.15, 0.2) is 60.9 Å². The van der Waals surface area contributed by atoms with E-state index >= 15 is 0 Å². The monoisotopic (exact) mass is 460 g/mol. The van der Waals surface area contributed by atoms with Crippen LogP contribution in [0.1, 0.15) is 37.7 Å². The standard InChI is InChI=1S/C27H29ClN4O/c1-18-17-32(26-5-3-2-4-22(18)26)15-13-27(33)31-21-9-7-20(8-10-21)30-24-12-14-29-25-16-19(28)6-11-23(24)25/h2-6,11-12,14,16-17,20-21H,7-10,13,15H2,1H3,(H,29,30)(H,31,33)/t20-,21+. The number of hydrogen-bond acceptors (Lipinski definition) is 3. The quantitative estimate of drug-likeness (QED) is 0.366. The van der Waals surface area contributed by atoms with Gasteiger partial charge in [-0.15, -0.1) is 0 Å². The topological polar surface area (TPSA) is 59.0 Å². The van der Waals surface area contributed by atoms with Gasteiger partial charge in [-0.1, -0.05) is 29.8 Å². The zero-order valence-electron chi connectivity index (χ0n) is 18.9. The minimum atomic E-state index is 0.138. The zero-order valence-corrected chi connectivity index (χ0v) is 19.6. The summed E-state index contributed by atoms with van der Waals surface area (Å²) in [6, 6.07) is 16.9. The Morgan fingerprint density at radius 2 is 1.85 bits per heavy atom. The fraction of sp³-hybridized carbons (Fsp3) is 0.333. The molecule has 0 aliphatic heterocycles. The van der Waals surface area contributed by atoms with Crippen LogP contribution in [0.5, 0.6) is 0 Å². The van der Waals surface area contributed by atoms with Crippen molar-refractivity contribution >= 4 is 45.0 Å². The summed E-state index contributed by atoms with van der Waals surface area (Å²) in [7, 11) is 0. The number of anilines is 1. The molecule has 4 aromatic rings. The summed E-state index contributed by atoms with van der Waals surface area (Å²) in [5, 5.41) is 9.99. The maximum atomic E-state index is 12.6. The number of rotatable bonds is 6. The van der Waals surface area contributed by atoms with Gasteiger partial charge in [0.05, 0.1) is 5.52 Å². The Labute approximate surface area is 199 Å². The number of benzene rings is 2. The van der Waals surface area contributed by atoms with Crippen LogP contribution in [-0.4, -0.2) is 27.5 Å². The second-order valence-corrected chi connectivity index (χ2v) is 9.49. The molecule has 0 radical (unpaired) electrons. The molecule has 1 aliphatic rings. The Bertz CT molecular complexity index is 1290. The second kappa shape index (κ2) is 9.44. The van der Waals surface area contributed by atoms with Gasteiger partial charge >= 0.3 is 0 Å². The van der Waals surface area contributed by atoms with E-state index in [4.69, 9.17) is 11.6 Å². The third-order valence-electron chi connectivity index (χ3n) is 6.72. The van der Waals surface area contributed by atoms with Crippen molar-refractivity contribution in [3.05, 3.63) is 71.5 Å². The molecule has 0 bridgehead atoms. The summed E-state index contributed by atoms with van der Waals surface area (Å²) in [5.41, 5.74) is 4.44. The Hall–Kier alpha value is -3.05. The lowest BCUT2D eigenvalue weighted by atomic mass is 9.90. The molecule has 0 spiro atoms. The number of aryl methyl sites for hydroxylation is 2. The largest absolute Gasteiger partial charge is 0.382 e. The van der Waals surface area contributed by atoms with E-state index in [0.29, 0.717) is 24.0 Å². The number of halogens is 1. The minimum absolute atomic E-state index is 0.138. The van der Waals surface area contributed by atoms with E-state index < -0.39 is 0 Å². The molecule has 1 aliphatic carbocycles. The molecular weight excluding hydrogens is 432 g/mol. The van der Waals surface area contributed by atoms with Crippen molar-refractivity contribution in [2.75, 3.05) is 5.32 Å². The smallest absolute Gasteiger partial charge is 0.222 e. The van der Waals surface area contributed by atoms with Crippen LogP contribution in [-0.2, 0) is 11.3 Å². The van der Waals surface area contributed by atoms with E-state index in [1.54, 1.807) is 0 Å². The average molecular weight is 461 g/mol. The molecular formula is C27H29ClN4O. The maximum absolute atomic E-state index is 12.6. The van der Waals surface area contributed by atoms with Crippen molar-refractivity contribution in [2.24, 2.45) is 0 Å². The van der Waals surface area contributed by atoms with E-state index in [9.17, 15) is 4.79 Å². The zero-order chi connectivity index (χ0) is 22.8. The molecule has 1 fully saturated rings. The minimum Gasteiger partial charge on any atom is -0.382 e. The number of fused-ring (bicyclic) bond motifs is 2. The first-order chi connectivity index (χ1) is 16.1. The van der Waals surface area contributed by atoms with Crippen LogP contribution in [0.3, 0.4) is 0 Å². The summed E-state index contributed by atoms with van der Waals surface area (Å²) in [5.74, 6) is 0.138. The van der Waals surface area contributed by atoms with Gasteiger partial charge in [0.15, 0.2) is 0 Å². The fourth-order valence-corrected chi connectivity index (χ4v) is 5.15. The number of nitrogens with one attached hydrogen (secondary N) is 2. The van der Waals surface area contributed by atoms with Crippen molar-refractivity contribution in [1.29, 1.82) is 0 Å². The number of para-hydroxylation sites is 1. The summed E-state index contributed by atoms with van der Waals surface area (Å²) in [6.45, 7) is 2.82. The highest BCUT2D eigenvalue weighted by Gasteiger charge is 2.23. The Kier molecular flexibility index (Phi) is 6.23. The van der Waals surface area contributed by atoms with Crippen molar-refractivity contribution in [3.8, 4) is 0 Å². The van der Waals surface area contributed by atoms with E-state index in [1.165, 1.54) is 16.5 Å². The lowest BCUT2D eigenvalue weighted by Gasteiger charge is -2.30. The molecule has 0 unspecified atom stereocenters. The predicted molar refractivity (Wildman–Crippen MR) is 136 cm³/mol. The molecule has 5 rings (SSSR count). The van der Waals surface area contributed by atoms with Gasteiger partial charge in [-0.05, 0) is 68.5 Å². The van der Waals surface area contributed by atoms with E-state index in [-0.39, 0.29) is 11.9 Å². The number of pyridine rings is 1. The number of carbonyl (C=O) groups excluding carboxylic acids is 1. The lowest BCUT2D eigenvalue weighted by molar-refractivity contribution is -0.122. The van der Waals surface area contributed by atoms with Crippen molar-refractivity contribution in [3.63, 3.8) is 0 Å². The van der Waals surface area contributed by atoms with Gasteiger partial charge in [-0.3, -0.25) is 9.78 Å². The second-order valence-electron chi connectivity index (χ2n) is 9.05. The van der Waals surface area contributed by atoms with Crippen LogP contribution in [0.4, 0.5) is 5.69 Å². The van der Waals surface area contributed by atoms with Gasteiger partial charge in [-0.2, -0.15) is 0 Å². The summed E-state index contributed by atoms with van der Waals surface area (Å²) < 4.78 is 2.19. The molecule has 6 heteroatoms. The van der Waals surface area contributed by atoms with Crippen molar-refractivity contribution in [1.82, 2.24) is 14.9 Å². The van der Waals surface area contributed by atoms with Crippen LogP contribution in [0.25, 0.3) is 21.8 Å². The predicted octanol–water partition coefficient (Wildman–Crippen LogP) is 6.08. The van der Waals surface area contributed by atoms with E-state index in [2.05, 4.69) is 57.6 Å². The molecule has 0 saturated heterocycles. The Balaban J connectivity index is 1.12. The normalized spacial score (nSPS) is 18.5. The van der Waals surface area contributed by atoms with Gasteiger partial charge in [0, 0.05) is 64.4 Å². The van der Waals surface area contributed by atoms with Crippen LogP contribution < -0.4 is 10.6 Å². The highest BCUT2D eigenvalue weighted by atomic mass is 35.5. The number of carbonyl (C=O) groups is 1. The number of amides is 1. The first-order valence-electron chi connectivity index (χ1n) is 11.7. The van der Waals surface area contributed by atoms with Crippen LogP contribution in [0.2, 0.25) is 5.02 Å². The summed E-state index contributed by atoms with van der Waals surface area (Å²) in [6.07, 6.45) is 8.51. The van der Waals surface area contributed by atoms with E-state index in [0.717, 1.165) is 42.3 Å². The fourth-order valence-electron chi connectivity index (χ4n) is 4.99. The van der Waals surface area contributed by atoms with Gasteiger partial charge in [-0.25, -0.2) is 0 Å². The third-order valence-corrected chi connectivity index (χ3v) is 6.96. The molecule has 5 nitrogen and oxygen atoms in total. The van der Waals surface area contributed by atoms with Gasteiger partial charge in [0.1, 0.15) is 0 Å². The first kappa shape index (κ1) is 21.8. The molecule has 1 saturated carbocycles. The molecule has 2 aromatic carbocycles. The van der Waals surface area contributed by atoms with Crippen LogP contribution >= 0.6 is 11.6 Å². The first-order valence-corrected chi connectivity index (χ1v) is 12.1. The Morgan fingerprint density at radius 1 is 1.06 bits per heavy atom. The maximum Gasteiger partial charge on any atom is 0.222 e. The Morgan fingerprint density at radius 3 is 2.70 bits per heavy atom. The van der Waals surface area contributed by atoms with Crippen molar-refractivity contribution < 1.29 is 4.79 Å². The number of nitrogens with zero attached hydrogens (tertiary/aromatic N) is 2. The van der Waals surface area contributed by atoms with Gasteiger partial charge < -0.3 is 15.2 Å². The molecule has 1 amide bonds. The SMILES string of the molecule is Cc1cn(CCC(=O)N[C@H]2CC[C@@H](Nc3ccnc4cc(Cl)ccc34)CC2)c2ccccc12. The van der Waals surface area contributed by atoms with Gasteiger partial charge in [0.25, 0.3) is 0 Å². The molecule has 2 heterocycles. The molecule has 2 N–H and O–H groups in total. The molecule has 170 valence electrons. The highest BCUT2D eigenvalue weighted by Crippen LogP contribution is 2.28. The number of aromatic nitrogens is 2. The van der Waals surface area contributed by atoms with Gasteiger partial charge in [0.2, 0.25) is 5.91 Å².